The first kappa shape index (κ1) is 18.6. The van der Waals surface area contributed by atoms with Crippen LogP contribution in [-0.2, 0) is 0 Å². The Labute approximate surface area is 174 Å². The molecule has 0 spiro atoms. The monoisotopic (exact) mass is 397 g/mol. The Morgan fingerprint density at radius 2 is 1.04 bits per heavy atom. The Kier molecular flexibility index (Phi) is 6.28. The van der Waals surface area contributed by atoms with Gasteiger partial charge in [0.25, 0.3) is 0 Å². The summed E-state index contributed by atoms with van der Waals surface area (Å²) in [5, 5.41) is 0. The Hall–Kier alpha value is -2.75. The van der Waals surface area contributed by atoms with Gasteiger partial charge in [-0.1, -0.05) is 78.1 Å². The van der Waals surface area contributed by atoms with E-state index in [1.807, 2.05) is 18.3 Å². The fourth-order valence-corrected chi connectivity index (χ4v) is 4.43. The fourth-order valence-electron chi connectivity index (χ4n) is 2.66. The van der Waals surface area contributed by atoms with Gasteiger partial charge in [-0.05, 0) is 54.6 Å². The molecule has 0 aliphatic heterocycles. The summed E-state index contributed by atoms with van der Waals surface area (Å²) >= 11 is 3.52. The third-order valence-electron chi connectivity index (χ3n) is 4.06. The molecule has 0 aliphatic rings. The quantitative estimate of drug-likeness (QED) is 0.308. The van der Waals surface area contributed by atoms with E-state index < -0.39 is 0 Å². The summed E-state index contributed by atoms with van der Waals surface area (Å²) in [4.78, 5) is 9.56. The van der Waals surface area contributed by atoms with Crippen molar-refractivity contribution < 1.29 is 0 Å². The lowest BCUT2D eigenvalue weighted by Gasteiger charge is -2.05. The van der Waals surface area contributed by atoms with Gasteiger partial charge in [-0.3, -0.25) is 4.99 Å². The molecule has 0 heterocycles. The largest absolute Gasteiger partial charge is 0.256 e. The van der Waals surface area contributed by atoms with Crippen molar-refractivity contribution in [3.05, 3.63) is 115 Å². The molecule has 1 nitrogen and oxygen atoms in total. The maximum absolute atomic E-state index is 4.68. The first-order valence-electron chi connectivity index (χ1n) is 9.06. The van der Waals surface area contributed by atoms with Crippen molar-refractivity contribution in [2.45, 2.75) is 19.6 Å². The molecule has 0 atom stereocenters. The molecule has 136 valence electrons. The molecule has 4 aromatic rings. The first-order valence-corrected chi connectivity index (χ1v) is 10.7. The normalized spacial score (nSPS) is 11.0. The van der Waals surface area contributed by atoms with Crippen molar-refractivity contribution in [3.8, 4) is 0 Å². The highest BCUT2D eigenvalue weighted by Crippen LogP contribution is 2.31. The lowest BCUT2D eigenvalue weighted by molar-refractivity contribution is 1.37. The zero-order chi connectivity index (χ0) is 19.0. The van der Waals surface area contributed by atoms with E-state index in [2.05, 4.69) is 102 Å². The molecule has 28 heavy (non-hydrogen) atoms. The molecular weight excluding hydrogens is 378 g/mol. The Balaban J connectivity index is 1.47. The highest BCUT2D eigenvalue weighted by atomic mass is 32.2. The minimum Gasteiger partial charge on any atom is -0.256 e. The summed E-state index contributed by atoms with van der Waals surface area (Å²) in [7, 11) is 0. The van der Waals surface area contributed by atoms with E-state index >= 15 is 0 Å². The summed E-state index contributed by atoms with van der Waals surface area (Å²) in [5.74, 6) is 0. The van der Waals surface area contributed by atoms with Crippen molar-refractivity contribution >= 4 is 35.4 Å². The third-order valence-corrected chi connectivity index (χ3v) is 6.17. The Bertz CT molecular complexity index is 1040. The molecule has 0 aromatic heterocycles. The van der Waals surface area contributed by atoms with Crippen LogP contribution in [0, 0.1) is 0 Å². The molecular formula is C25H19NS2. The second-order valence-electron chi connectivity index (χ2n) is 6.12. The van der Waals surface area contributed by atoms with Crippen LogP contribution in [0.4, 0.5) is 5.69 Å². The van der Waals surface area contributed by atoms with Gasteiger partial charge in [-0.15, -0.1) is 0 Å². The van der Waals surface area contributed by atoms with E-state index in [4.69, 9.17) is 0 Å². The summed E-state index contributed by atoms with van der Waals surface area (Å²) in [6, 6.07) is 37.6. The highest BCUT2D eigenvalue weighted by Gasteiger charge is 2.02. The van der Waals surface area contributed by atoms with Crippen molar-refractivity contribution in [2.24, 2.45) is 4.99 Å². The maximum atomic E-state index is 4.68. The molecule has 0 amide bonds. The van der Waals surface area contributed by atoms with Crippen LogP contribution >= 0.6 is 23.5 Å². The van der Waals surface area contributed by atoms with Gasteiger partial charge >= 0.3 is 0 Å². The van der Waals surface area contributed by atoms with Gasteiger partial charge in [0, 0.05) is 31.4 Å². The number of aliphatic imine (C=N–C) groups is 1. The standard InChI is InChI=1S/C25H19NS2/c1-3-10-22(11-4-1)27-24-17-15-21(16-18-24)26-19-20-9-7-8-14-25(20)28-23-12-5-2-6-13-23/h1-19H. The molecule has 0 fully saturated rings. The van der Waals surface area contributed by atoms with Crippen LogP contribution in [0.5, 0.6) is 0 Å². The van der Waals surface area contributed by atoms with Crippen LogP contribution in [0.2, 0.25) is 0 Å². The van der Waals surface area contributed by atoms with Crippen molar-refractivity contribution in [1.29, 1.82) is 0 Å². The van der Waals surface area contributed by atoms with E-state index in [0.717, 1.165) is 11.3 Å². The number of hydrogen-bond acceptors (Lipinski definition) is 3. The average molecular weight is 398 g/mol. The molecule has 0 unspecified atom stereocenters. The zero-order valence-corrected chi connectivity index (χ0v) is 16.9. The molecule has 0 saturated heterocycles. The summed E-state index contributed by atoms with van der Waals surface area (Å²) in [6.45, 7) is 0. The molecule has 3 heteroatoms. The smallest absolute Gasteiger partial charge is 0.0630 e. The molecule has 0 radical (unpaired) electrons. The van der Waals surface area contributed by atoms with Crippen LogP contribution in [-0.4, -0.2) is 6.21 Å². The van der Waals surface area contributed by atoms with E-state index in [1.165, 1.54) is 19.6 Å². The minimum absolute atomic E-state index is 0.955. The van der Waals surface area contributed by atoms with Crippen LogP contribution < -0.4 is 0 Å². The number of rotatable bonds is 6. The molecule has 0 bridgehead atoms. The van der Waals surface area contributed by atoms with Gasteiger partial charge < -0.3 is 0 Å². The van der Waals surface area contributed by atoms with Gasteiger partial charge in [-0.25, -0.2) is 0 Å². The summed E-state index contributed by atoms with van der Waals surface area (Å²) in [5.41, 5.74) is 2.08. The zero-order valence-electron chi connectivity index (χ0n) is 15.2. The molecule has 0 aliphatic carbocycles. The van der Waals surface area contributed by atoms with Gasteiger partial charge in [0.2, 0.25) is 0 Å². The predicted molar refractivity (Wildman–Crippen MR) is 121 cm³/mol. The van der Waals surface area contributed by atoms with E-state index in [9.17, 15) is 0 Å². The van der Waals surface area contributed by atoms with Crippen LogP contribution in [0.3, 0.4) is 0 Å². The molecule has 0 saturated carbocycles. The minimum atomic E-state index is 0.955. The van der Waals surface area contributed by atoms with Crippen LogP contribution in [0.15, 0.2) is 134 Å². The fraction of sp³-hybridized carbons (Fsp3) is 0. The SMILES string of the molecule is C(=Nc1ccc(Sc2ccccc2)cc1)c1ccccc1Sc1ccccc1. The number of hydrogen-bond donors (Lipinski definition) is 0. The van der Waals surface area contributed by atoms with Crippen molar-refractivity contribution in [1.82, 2.24) is 0 Å². The van der Waals surface area contributed by atoms with Crippen molar-refractivity contribution in [2.75, 3.05) is 0 Å². The highest BCUT2D eigenvalue weighted by molar-refractivity contribution is 7.99. The number of nitrogens with zero attached hydrogens (tertiary/aromatic N) is 1. The Morgan fingerprint density at radius 3 is 1.71 bits per heavy atom. The lowest BCUT2D eigenvalue weighted by Crippen LogP contribution is -1.85. The Morgan fingerprint density at radius 1 is 0.500 bits per heavy atom. The third kappa shape index (κ3) is 5.16. The van der Waals surface area contributed by atoms with E-state index in [1.54, 1.807) is 23.5 Å². The lowest BCUT2D eigenvalue weighted by atomic mass is 10.2. The van der Waals surface area contributed by atoms with Gasteiger partial charge in [0.1, 0.15) is 0 Å². The van der Waals surface area contributed by atoms with Crippen LogP contribution in [0.1, 0.15) is 5.56 Å². The van der Waals surface area contributed by atoms with E-state index in [-0.39, 0.29) is 0 Å². The molecule has 4 aromatic carbocycles. The van der Waals surface area contributed by atoms with Crippen molar-refractivity contribution in [3.63, 3.8) is 0 Å². The maximum Gasteiger partial charge on any atom is 0.0630 e. The van der Waals surface area contributed by atoms with Gasteiger partial charge in [0.15, 0.2) is 0 Å². The second-order valence-corrected chi connectivity index (χ2v) is 8.38. The summed E-state index contributed by atoms with van der Waals surface area (Å²) < 4.78 is 0. The van der Waals surface area contributed by atoms with Gasteiger partial charge in [-0.2, -0.15) is 0 Å². The first-order chi connectivity index (χ1) is 13.9. The summed E-state index contributed by atoms with van der Waals surface area (Å²) in [6.07, 6.45) is 1.95. The average Bonchev–Trinajstić information content (AvgIpc) is 2.76. The van der Waals surface area contributed by atoms with Crippen LogP contribution in [0.25, 0.3) is 0 Å². The molecule has 0 N–H and O–H groups in total. The van der Waals surface area contributed by atoms with E-state index in [0.29, 0.717) is 0 Å². The molecule has 4 rings (SSSR count). The predicted octanol–water partition coefficient (Wildman–Crippen LogP) is 7.74. The van der Waals surface area contributed by atoms with Gasteiger partial charge in [0.05, 0.1) is 5.69 Å². The topological polar surface area (TPSA) is 12.4 Å². The number of benzene rings is 4. The second kappa shape index (κ2) is 9.45.